The lowest BCUT2D eigenvalue weighted by Crippen LogP contribution is -2.44. The first kappa shape index (κ1) is 27.0. The van der Waals surface area contributed by atoms with Crippen LogP contribution in [0.5, 0.6) is 0 Å². The predicted octanol–water partition coefficient (Wildman–Crippen LogP) is 4.94. The molecule has 0 radical (unpaired) electrons. The maximum atomic E-state index is 15.0. The van der Waals surface area contributed by atoms with Crippen LogP contribution in [0.3, 0.4) is 0 Å². The van der Waals surface area contributed by atoms with Crippen LogP contribution >= 0.6 is 11.6 Å². The van der Waals surface area contributed by atoms with Gasteiger partial charge in [0.2, 0.25) is 11.8 Å². The average Bonchev–Trinajstić information content (AvgIpc) is 3.21. The molecule has 0 bridgehead atoms. The van der Waals surface area contributed by atoms with Gasteiger partial charge in [-0.3, -0.25) is 14.3 Å². The fourth-order valence-corrected chi connectivity index (χ4v) is 5.33. The third-order valence-corrected chi connectivity index (χ3v) is 7.28. The SMILES string of the molecule is CCC(O)C(=O)N[C@@H]1CCC[C@H](C(=O)Nc2cc(-c3cc(F)c4nn(C)c(C(C)C)c4c3)c(Cl)cn2)C1. The normalized spacial score (nSPS) is 18.7. The number of hydrogen-bond donors (Lipinski definition) is 3. The molecule has 1 unspecified atom stereocenters. The van der Waals surface area contributed by atoms with E-state index in [1.165, 1.54) is 12.3 Å². The number of hydrogen-bond acceptors (Lipinski definition) is 5. The van der Waals surface area contributed by atoms with E-state index in [1.54, 1.807) is 24.7 Å². The van der Waals surface area contributed by atoms with E-state index in [-0.39, 0.29) is 23.8 Å². The zero-order valence-corrected chi connectivity index (χ0v) is 22.3. The van der Waals surface area contributed by atoms with Crippen LogP contribution in [0.4, 0.5) is 10.2 Å². The molecule has 1 fully saturated rings. The van der Waals surface area contributed by atoms with Gasteiger partial charge in [0.05, 0.1) is 5.02 Å². The number of aliphatic hydroxyl groups excluding tert-OH is 1. The van der Waals surface area contributed by atoms with Crippen LogP contribution in [0, 0.1) is 11.7 Å². The van der Waals surface area contributed by atoms with Gasteiger partial charge >= 0.3 is 0 Å². The molecule has 8 nitrogen and oxygen atoms in total. The number of aromatic nitrogens is 3. The predicted molar refractivity (Wildman–Crippen MR) is 142 cm³/mol. The van der Waals surface area contributed by atoms with Crippen molar-refractivity contribution in [2.45, 2.75) is 70.9 Å². The van der Waals surface area contributed by atoms with Crippen LogP contribution in [-0.2, 0) is 16.6 Å². The summed E-state index contributed by atoms with van der Waals surface area (Å²) in [7, 11) is 1.80. The summed E-state index contributed by atoms with van der Waals surface area (Å²) < 4.78 is 16.7. The van der Waals surface area contributed by atoms with Gasteiger partial charge in [-0.05, 0) is 55.4 Å². The van der Waals surface area contributed by atoms with Gasteiger partial charge in [-0.25, -0.2) is 9.37 Å². The number of halogens is 2. The van der Waals surface area contributed by atoms with Gasteiger partial charge in [-0.1, -0.05) is 38.8 Å². The van der Waals surface area contributed by atoms with Crippen molar-refractivity contribution in [3.63, 3.8) is 0 Å². The quantitative estimate of drug-likeness (QED) is 0.402. The molecular formula is C27H33ClFN5O3. The molecule has 37 heavy (non-hydrogen) atoms. The van der Waals surface area contributed by atoms with Crippen LogP contribution < -0.4 is 10.6 Å². The Labute approximate surface area is 220 Å². The number of carbonyl (C=O) groups is 2. The number of nitrogens with zero attached hydrogens (tertiary/aromatic N) is 3. The van der Waals surface area contributed by atoms with Crippen molar-refractivity contribution in [3.05, 3.63) is 40.9 Å². The first-order valence-electron chi connectivity index (χ1n) is 12.7. The Morgan fingerprint density at radius 1 is 1.27 bits per heavy atom. The van der Waals surface area contributed by atoms with Crippen LogP contribution in [0.2, 0.25) is 5.02 Å². The van der Waals surface area contributed by atoms with E-state index in [2.05, 4.69) is 20.7 Å². The molecule has 0 saturated heterocycles. The van der Waals surface area contributed by atoms with Crippen molar-refractivity contribution in [1.82, 2.24) is 20.1 Å². The molecule has 1 aliphatic carbocycles. The van der Waals surface area contributed by atoms with Crippen LogP contribution in [0.15, 0.2) is 24.4 Å². The molecule has 198 valence electrons. The molecule has 1 saturated carbocycles. The molecule has 4 rings (SSSR count). The Morgan fingerprint density at radius 2 is 2.03 bits per heavy atom. The second kappa shape index (κ2) is 11.1. The fourth-order valence-electron chi connectivity index (χ4n) is 5.11. The third kappa shape index (κ3) is 5.78. The standard InChI is InChI=1S/C27H33ClFN5O3/c1-5-22(35)27(37)31-17-8-6-7-15(9-17)26(36)32-23-12-18(20(28)13-30-23)16-10-19-24(21(29)11-16)33-34(4)25(19)14(2)3/h10-15,17,22,35H,5-9H2,1-4H3,(H,31,37)(H,30,32,36)/t15-,17+,22?/m0/s1. The highest BCUT2D eigenvalue weighted by atomic mass is 35.5. The smallest absolute Gasteiger partial charge is 0.249 e. The number of pyridine rings is 1. The summed E-state index contributed by atoms with van der Waals surface area (Å²) in [6.07, 6.45) is 3.45. The number of aliphatic hydroxyl groups is 1. The van der Waals surface area contributed by atoms with Gasteiger partial charge in [-0.15, -0.1) is 0 Å². The molecule has 1 aromatic carbocycles. The lowest BCUT2D eigenvalue weighted by Gasteiger charge is -2.29. The van der Waals surface area contributed by atoms with Crippen LogP contribution in [0.25, 0.3) is 22.0 Å². The minimum atomic E-state index is -1.04. The lowest BCUT2D eigenvalue weighted by atomic mass is 9.85. The van der Waals surface area contributed by atoms with E-state index in [0.717, 1.165) is 23.9 Å². The molecule has 0 spiro atoms. The summed E-state index contributed by atoms with van der Waals surface area (Å²) in [6, 6.07) is 4.74. The molecule has 2 amide bonds. The Morgan fingerprint density at radius 3 is 2.73 bits per heavy atom. The number of fused-ring (bicyclic) bond motifs is 1. The van der Waals surface area contributed by atoms with Crippen LogP contribution in [-0.4, -0.2) is 43.8 Å². The van der Waals surface area contributed by atoms with Gasteiger partial charge < -0.3 is 15.7 Å². The van der Waals surface area contributed by atoms with Crippen molar-refractivity contribution >= 4 is 40.1 Å². The molecule has 0 aliphatic heterocycles. The molecule has 3 aromatic rings. The van der Waals surface area contributed by atoms with E-state index >= 15 is 4.39 Å². The topological polar surface area (TPSA) is 109 Å². The van der Waals surface area contributed by atoms with E-state index < -0.39 is 17.8 Å². The number of nitrogens with one attached hydrogen (secondary N) is 2. The van der Waals surface area contributed by atoms with Gasteiger partial charge in [0.15, 0.2) is 5.82 Å². The van der Waals surface area contributed by atoms with Gasteiger partial charge in [0.1, 0.15) is 17.4 Å². The monoisotopic (exact) mass is 529 g/mol. The highest BCUT2D eigenvalue weighted by molar-refractivity contribution is 6.33. The zero-order chi connectivity index (χ0) is 26.9. The van der Waals surface area contributed by atoms with E-state index in [1.807, 2.05) is 19.9 Å². The summed E-state index contributed by atoms with van der Waals surface area (Å²) in [5.74, 6) is -0.911. The summed E-state index contributed by atoms with van der Waals surface area (Å²) in [4.78, 5) is 29.4. The Bertz CT molecular complexity index is 1330. The molecule has 3 N–H and O–H groups in total. The number of amides is 2. The van der Waals surface area contributed by atoms with Crippen molar-refractivity contribution in [3.8, 4) is 11.1 Å². The molecule has 1 aliphatic rings. The average molecular weight is 530 g/mol. The zero-order valence-electron chi connectivity index (χ0n) is 21.5. The summed E-state index contributed by atoms with van der Waals surface area (Å²) in [6.45, 7) is 5.80. The number of anilines is 1. The number of aryl methyl sites for hydroxylation is 1. The maximum Gasteiger partial charge on any atom is 0.249 e. The Balaban J connectivity index is 1.55. The maximum absolute atomic E-state index is 15.0. The molecular weight excluding hydrogens is 497 g/mol. The molecule has 10 heteroatoms. The van der Waals surface area contributed by atoms with Crippen molar-refractivity contribution < 1.29 is 19.1 Å². The van der Waals surface area contributed by atoms with Gasteiger partial charge in [0.25, 0.3) is 0 Å². The Kier molecular flexibility index (Phi) is 8.14. The van der Waals surface area contributed by atoms with Crippen molar-refractivity contribution in [2.75, 3.05) is 5.32 Å². The summed E-state index contributed by atoms with van der Waals surface area (Å²) in [5.41, 5.74) is 2.34. The van der Waals surface area contributed by atoms with E-state index in [0.29, 0.717) is 46.7 Å². The minimum Gasteiger partial charge on any atom is -0.383 e. The van der Waals surface area contributed by atoms with Crippen molar-refractivity contribution in [1.29, 1.82) is 0 Å². The van der Waals surface area contributed by atoms with Gasteiger partial charge in [0, 0.05) is 41.8 Å². The molecule has 2 aromatic heterocycles. The van der Waals surface area contributed by atoms with Crippen molar-refractivity contribution in [2.24, 2.45) is 13.0 Å². The Hall–Kier alpha value is -3.04. The van der Waals surface area contributed by atoms with Gasteiger partial charge in [-0.2, -0.15) is 5.10 Å². The second-order valence-electron chi connectivity index (χ2n) is 10.0. The molecule has 3 atom stereocenters. The largest absolute Gasteiger partial charge is 0.383 e. The number of carbonyl (C=O) groups excluding carboxylic acids is 2. The first-order chi connectivity index (χ1) is 17.6. The minimum absolute atomic E-state index is 0.141. The fraction of sp³-hybridized carbons (Fsp3) is 0.481. The molecule has 2 heterocycles. The number of rotatable bonds is 7. The summed E-state index contributed by atoms with van der Waals surface area (Å²) >= 11 is 6.45. The third-order valence-electron chi connectivity index (χ3n) is 6.98. The van der Waals surface area contributed by atoms with E-state index in [9.17, 15) is 14.7 Å². The number of benzene rings is 1. The highest BCUT2D eigenvalue weighted by Gasteiger charge is 2.29. The van der Waals surface area contributed by atoms with E-state index in [4.69, 9.17) is 11.6 Å². The highest BCUT2D eigenvalue weighted by Crippen LogP contribution is 2.35. The van der Waals surface area contributed by atoms with Crippen LogP contribution in [0.1, 0.15) is 64.5 Å². The first-order valence-corrected chi connectivity index (χ1v) is 13.1. The summed E-state index contributed by atoms with van der Waals surface area (Å²) in [5, 5.41) is 20.8. The lowest BCUT2D eigenvalue weighted by molar-refractivity contribution is -0.131. The second-order valence-corrected chi connectivity index (χ2v) is 10.5.